The minimum atomic E-state index is 0.856. The monoisotopic (exact) mass is 494 g/mol. The van der Waals surface area contributed by atoms with Crippen molar-refractivity contribution in [2.24, 2.45) is 0 Å². The second-order valence-electron chi connectivity index (χ2n) is 10.2. The minimum Gasteiger partial charge on any atom is -0.453 e. The molecule has 0 atom stereocenters. The third-order valence-electron chi connectivity index (χ3n) is 7.61. The lowest BCUT2D eigenvalue weighted by atomic mass is 10.1. The van der Waals surface area contributed by atoms with Gasteiger partial charge in [-0.15, -0.1) is 0 Å². The van der Waals surface area contributed by atoms with Gasteiger partial charge < -0.3 is 14.2 Å². The second-order valence-corrected chi connectivity index (χ2v) is 10.2. The number of nitrogens with zero attached hydrogens (tertiary/aromatic N) is 2. The smallest absolute Gasteiger partial charge is 0.153 e. The van der Waals surface area contributed by atoms with Crippen LogP contribution in [0.15, 0.2) is 109 Å². The molecule has 6 aromatic rings. The lowest BCUT2D eigenvalue weighted by molar-refractivity contribution is 0.476. The van der Waals surface area contributed by atoms with Crippen LogP contribution in [0.5, 0.6) is 11.5 Å². The Morgan fingerprint density at radius 1 is 0.658 bits per heavy atom. The Hall–Kier alpha value is -4.50. The van der Waals surface area contributed by atoms with Crippen molar-refractivity contribution in [3.8, 4) is 17.2 Å². The number of hydrogen-bond donors (Lipinski definition) is 0. The van der Waals surface area contributed by atoms with Gasteiger partial charge in [-0.3, -0.25) is 0 Å². The molecule has 0 unspecified atom stereocenters. The molecular formula is C35H30N2O. The van der Waals surface area contributed by atoms with E-state index in [0.717, 1.165) is 40.7 Å². The summed E-state index contributed by atoms with van der Waals surface area (Å²) < 4.78 is 8.92. The van der Waals surface area contributed by atoms with Crippen LogP contribution >= 0.6 is 0 Å². The predicted molar refractivity (Wildman–Crippen MR) is 159 cm³/mol. The average molecular weight is 495 g/mol. The highest BCUT2D eigenvalue weighted by atomic mass is 16.5. The summed E-state index contributed by atoms with van der Waals surface area (Å²) >= 11 is 0. The first-order chi connectivity index (χ1) is 18.7. The van der Waals surface area contributed by atoms with Gasteiger partial charge in [0.2, 0.25) is 0 Å². The predicted octanol–water partition coefficient (Wildman–Crippen LogP) is 10.0. The maximum atomic E-state index is 6.53. The number of fused-ring (bicyclic) bond motifs is 5. The SMILES string of the molecule is CCCCc1ccc(N2c3ccccc3Oc3cccc(-n4c5ccccc5c5cc(C)ccc54)c32)cc1. The van der Waals surface area contributed by atoms with Gasteiger partial charge in [0.15, 0.2) is 11.5 Å². The Bertz CT molecular complexity index is 1800. The standard InChI is InChI=1S/C35H30N2O/c1-3-4-10-25-18-20-26(21-19-25)36-31-13-7-8-15-33(31)38-34-16-9-14-32(35(34)36)37-29-12-6-5-11-27(29)28-23-24(2)17-22-30(28)37/h5-9,11-23H,3-4,10H2,1-2H3. The highest BCUT2D eigenvalue weighted by Crippen LogP contribution is 2.53. The molecule has 3 heteroatoms. The molecule has 0 fully saturated rings. The zero-order chi connectivity index (χ0) is 25.6. The summed E-state index contributed by atoms with van der Waals surface area (Å²) in [7, 11) is 0. The fraction of sp³-hybridized carbons (Fsp3) is 0.143. The van der Waals surface area contributed by atoms with Gasteiger partial charge in [0.05, 0.1) is 22.4 Å². The molecule has 0 N–H and O–H groups in total. The number of benzene rings is 5. The normalized spacial score (nSPS) is 12.4. The number of aryl methyl sites for hydroxylation is 2. The molecule has 5 aromatic carbocycles. The van der Waals surface area contributed by atoms with Gasteiger partial charge in [-0.2, -0.15) is 0 Å². The van der Waals surface area contributed by atoms with Crippen molar-refractivity contribution < 1.29 is 4.74 Å². The van der Waals surface area contributed by atoms with Crippen molar-refractivity contribution in [2.75, 3.05) is 4.90 Å². The zero-order valence-electron chi connectivity index (χ0n) is 21.8. The van der Waals surface area contributed by atoms with Crippen molar-refractivity contribution in [2.45, 2.75) is 33.1 Å². The van der Waals surface area contributed by atoms with Crippen LogP contribution in [0, 0.1) is 6.92 Å². The Kier molecular flexibility index (Phi) is 5.44. The first kappa shape index (κ1) is 22.7. The number of anilines is 3. The quantitative estimate of drug-likeness (QED) is 0.237. The summed E-state index contributed by atoms with van der Waals surface area (Å²) in [4.78, 5) is 2.36. The molecule has 1 aliphatic rings. The molecule has 1 aromatic heterocycles. The second kappa shape index (κ2) is 9.11. The average Bonchev–Trinajstić information content (AvgIpc) is 3.28. The lowest BCUT2D eigenvalue weighted by Crippen LogP contribution is -2.18. The number of unbranched alkanes of at least 4 members (excludes halogenated alkanes) is 1. The minimum absolute atomic E-state index is 0.856. The molecule has 3 nitrogen and oxygen atoms in total. The topological polar surface area (TPSA) is 17.4 Å². The fourth-order valence-electron chi connectivity index (χ4n) is 5.77. The van der Waals surface area contributed by atoms with E-state index in [1.165, 1.54) is 45.8 Å². The highest BCUT2D eigenvalue weighted by molar-refractivity contribution is 6.10. The maximum Gasteiger partial charge on any atom is 0.153 e. The Balaban J connectivity index is 1.50. The molecule has 0 saturated heterocycles. The van der Waals surface area contributed by atoms with Crippen LogP contribution in [0.4, 0.5) is 17.1 Å². The molecule has 1 aliphatic heterocycles. The summed E-state index contributed by atoms with van der Waals surface area (Å²) in [6.07, 6.45) is 3.52. The van der Waals surface area contributed by atoms with Gasteiger partial charge in [-0.05, 0) is 79.9 Å². The van der Waals surface area contributed by atoms with Gasteiger partial charge in [0.1, 0.15) is 5.69 Å². The van der Waals surface area contributed by atoms with Crippen molar-refractivity contribution in [1.29, 1.82) is 0 Å². The molecule has 0 bridgehead atoms. The van der Waals surface area contributed by atoms with Crippen LogP contribution in [-0.2, 0) is 6.42 Å². The van der Waals surface area contributed by atoms with Gasteiger partial charge >= 0.3 is 0 Å². The van der Waals surface area contributed by atoms with Crippen LogP contribution in [0.2, 0.25) is 0 Å². The number of hydrogen-bond acceptors (Lipinski definition) is 2. The molecule has 186 valence electrons. The molecule has 7 rings (SSSR count). The van der Waals surface area contributed by atoms with Crippen LogP contribution in [-0.4, -0.2) is 4.57 Å². The van der Waals surface area contributed by atoms with Gasteiger partial charge in [0.25, 0.3) is 0 Å². The van der Waals surface area contributed by atoms with E-state index in [0.29, 0.717) is 0 Å². The van der Waals surface area contributed by atoms with Gasteiger partial charge in [-0.1, -0.05) is 73.5 Å². The molecule has 2 heterocycles. The van der Waals surface area contributed by atoms with Crippen molar-refractivity contribution in [3.63, 3.8) is 0 Å². The zero-order valence-corrected chi connectivity index (χ0v) is 21.8. The third-order valence-corrected chi connectivity index (χ3v) is 7.61. The number of rotatable bonds is 5. The van der Waals surface area contributed by atoms with E-state index in [4.69, 9.17) is 4.74 Å². The summed E-state index contributed by atoms with van der Waals surface area (Å²) in [5.74, 6) is 1.72. The molecule has 0 saturated carbocycles. The fourth-order valence-corrected chi connectivity index (χ4v) is 5.77. The van der Waals surface area contributed by atoms with Crippen molar-refractivity contribution in [3.05, 3.63) is 120 Å². The number of aromatic nitrogens is 1. The Morgan fingerprint density at radius 2 is 1.39 bits per heavy atom. The van der Waals surface area contributed by atoms with E-state index in [1.807, 2.05) is 6.07 Å². The van der Waals surface area contributed by atoms with Crippen LogP contribution < -0.4 is 9.64 Å². The molecule has 0 spiro atoms. The Labute approximate surface area is 223 Å². The van der Waals surface area contributed by atoms with E-state index in [-0.39, 0.29) is 0 Å². The molecule has 38 heavy (non-hydrogen) atoms. The van der Waals surface area contributed by atoms with E-state index in [9.17, 15) is 0 Å². The Morgan fingerprint density at radius 3 is 2.26 bits per heavy atom. The van der Waals surface area contributed by atoms with Crippen LogP contribution in [0.25, 0.3) is 27.5 Å². The number of ether oxygens (including phenoxy) is 1. The summed E-state index contributed by atoms with van der Waals surface area (Å²) in [6, 6.07) is 39.2. The van der Waals surface area contributed by atoms with E-state index in [1.54, 1.807) is 0 Å². The van der Waals surface area contributed by atoms with E-state index in [2.05, 4.69) is 126 Å². The van der Waals surface area contributed by atoms with E-state index < -0.39 is 0 Å². The largest absolute Gasteiger partial charge is 0.453 e. The third kappa shape index (κ3) is 3.58. The maximum absolute atomic E-state index is 6.53. The van der Waals surface area contributed by atoms with Crippen molar-refractivity contribution >= 4 is 38.9 Å². The van der Waals surface area contributed by atoms with Gasteiger partial charge in [-0.25, -0.2) is 0 Å². The molecular weight excluding hydrogens is 464 g/mol. The number of para-hydroxylation sites is 4. The first-order valence-corrected chi connectivity index (χ1v) is 13.5. The van der Waals surface area contributed by atoms with Crippen LogP contribution in [0.3, 0.4) is 0 Å². The summed E-state index contributed by atoms with van der Waals surface area (Å²) in [6.45, 7) is 4.40. The van der Waals surface area contributed by atoms with Gasteiger partial charge in [0, 0.05) is 16.5 Å². The molecule has 0 radical (unpaired) electrons. The van der Waals surface area contributed by atoms with Crippen LogP contribution in [0.1, 0.15) is 30.9 Å². The lowest BCUT2D eigenvalue weighted by Gasteiger charge is -2.34. The molecule has 0 amide bonds. The molecule has 0 aliphatic carbocycles. The first-order valence-electron chi connectivity index (χ1n) is 13.5. The summed E-state index contributed by atoms with van der Waals surface area (Å²) in [5, 5.41) is 2.52. The summed E-state index contributed by atoms with van der Waals surface area (Å²) in [5.41, 5.74) is 9.35. The van der Waals surface area contributed by atoms with E-state index >= 15 is 0 Å². The highest BCUT2D eigenvalue weighted by Gasteiger charge is 2.29. The van der Waals surface area contributed by atoms with Crippen molar-refractivity contribution in [1.82, 2.24) is 4.57 Å².